The van der Waals surface area contributed by atoms with Crippen LogP contribution < -0.4 is 20.9 Å². The second-order valence-corrected chi connectivity index (χ2v) is 7.18. The van der Waals surface area contributed by atoms with Gasteiger partial charge in [0.15, 0.2) is 0 Å². The number of nitrogens with one attached hydrogen (secondary N) is 4. The van der Waals surface area contributed by atoms with E-state index < -0.39 is 27.7 Å². The van der Waals surface area contributed by atoms with Gasteiger partial charge in [-0.25, -0.2) is 13.1 Å². The van der Waals surface area contributed by atoms with Gasteiger partial charge >= 0.3 is 11.8 Å². The number of carbonyl (C=O) groups is 3. The largest absolute Gasteiger partial charge is 0.346 e. The lowest BCUT2D eigenvalue weighted by atomic mass is 10.2. The summed E-state index contributed by atoms with van der Waals surface area (Å²) < 4.78 is 25.6. The molecule has 0 saturated carbocycles. The van der Waals surface area contributed by atoms with Gasteiger partial charge in [0.05, 0.1) is 15.5 Å². The standard InChI is InChI=1S/C13H17ClN4O5S/c1-7(2)16-12(20)13(21)18-17-11(19)9-6-8(4-5-10(9)14)24(22,23)15-3/h4-7,15H,1-3H3,(H,16,20)(H,17,19)(H,18,21). The van der Waals surface area contributed by atoms with Crippen LogP contribution in [0.1, 0.15) is 24.2 Å². The normalized spacial score (nSPS) is 11.0. The van der Waals surface area contributed by atoms with E-state index in [0.717, 1.165) is 6.07 Å². The van der Waals surface area contributed by atoms with Gasteiger partial charge in [0.1, 0.15) is 0 Å². The quantitative estimate of drug-likeness (QED) is 0.416. The fourth-order valence-electron chi connectivity index (χ4n) is 1.53. The molecule has 0 aliphatic heterocycles. The fraction of sp³-hybridized carbons (Fsp3) is 0.308. The first-order valence-corrected chi connectivity index (χ1v) is 8.59. The van der Waals surface area contributed by atoms with E-state index in [1.54, 1.807) is 13.8 Å². The molecule has 1 rings (SSSR count). The van der Waals surface area contributed by atoms with Gasteiger partial charge < -0.3 is 5.32 Å². The van der Waals surface area contributed by atoms with Crippen molar-refractivity contribution in [2.75, 3.05) is 7.05 Å². The minimum absolute atomic E-state index is 0.0246. The summed E-state index contributed by atoms with van der Waals surface area (Å²) in [6.07, 6.45) is 0. The molecule has 1 aromatic carbocycles. The molecule has 4 N–H and O–H groups in total. The number of rotatable bonds is 4. The highest BCUT2D eigenvalue weighted by Gasteiger charge is 2.19. The first kappa shape index (κ1) is 19.9. The predicted octanol–water partition coefficient (Wildman–Crippen LogP) is -0.466. The van der Waals surface area contributed by atoms with Crippen molar-refractivity contribution in [3.05, 3.63) is 28.8 Å². The minimum Gasteiger partial charge on any atom is -0.346 e. The van der Waals surface area contributed by atoms with Gasteiger partial charge in [-0.3, -0.25) is 25.2 Å². The highest BCUT2D eigenvalue weighted by Crippen LogP contribution is 2.20. The van der Waals surface area contributed by atoms with Crippen molar-refractivity contribution < 1.29 is 22.8 Å². The third-order valence-corrected chi connectivity index (χ3v) is 4.42. The number of halogens is 1. The Balaban J connectivity index is 2.87. The molecule has 0 spiro atoms. The van der Waals surface area contributed by atoms with Gasteiger partial charge in [0.25, 0.3) is 5.91 Å². The van der Waals surface area contributed by atoms with Crippen LogP contribution in [0, 0.1) is 0 Å². The molecule has 0 fully saturated rings. The first-order valence-electron chi connectivity index (χ1n) is 6.72. The molecule has 0 heterocycles. The van der Waals surface area contributed by atoms with E-state index in [9.17, 15) is 22.8 Å². The highest BCUT2D eigenvalue weighted by atomic mass is 35.5. The smallest absolute Gasteiger partial charge is 0.327 e. The van der Waals surface area contributed by atoms with E-state index >= 15 is 0 Å². The van der Waals surface area contributed by atoms with Crippen LogP contribution in [0.2, 0.25) is 5.02 Å². The maximum Gasteiger partial charge on any atom is 0.327 e. The molecule has 0 saturated heterocycles. The predicted molar refractivity (Wildman–Crippen MR) is 86.6 cm³/mol. The molecule has 3 amide bonds. The summed E-state index contributed by atoms with van der Waals surface area (Å²) >= 11 is 5.86. The molecule has 0 bridgehead atoms. The first-order chi connectivity index (χ1) is 11.1. The van der Waals surface area contributed by atoms with Crippen LogP contribution in [0.3, 0.4) is 0 Å². The van der Waals surface area contributed by atoms with E-state index in [-0.39, 0.29) is 21.5 Å². The molecule has 0 unspecified atom stereocenters. The Morgan fingerprint density at radius 1 is 1.08 bits per heavy atom. The lowest BCUT2D eigenvalue weighted by Crippen LogP contribution is -2.49. The Labute approximate surface area is 144 Å². The molecule has 0 radical (unpaired) electrons. The third-order valence-electron chi connectivity index (χ3n) is 2.68. The average Bonchev–Trinajstić information content (AvgIpc) is 2.51. The maximum absolute atomic E-state index is 12.0. The summed E-state index contributed by atoms with van der Waals surface area (Å²) in [6.45, 7) is 3.33. The summed E-state index contributed by atoms with van der Waals surface area (Å²) in [4.78, 5) is 34.7. The summed E-state index contributed by atoms with van der Waals surface area (Å²) in [5.41, 5.74) is 3.72. The average molecular weight is 377 g/mol. The second-order valence-electron chi connectivity index (χ2n) is 4.89. The van der Waals surface area contributed by atoms with E-state index in [4.69, 9.17) is 11.6 Å². The zero-order valence-corrected chi connectivity index (χ0v) is 14.7. The van der Waals surface area contributed by atoms with E-state index in [2.05, 4.69) is 10.0 Å². The maximum atomic E-state index is 12.0. The number of amides is 3. The van der Waals surface area contributed by atoms with Crippen LogP contribution in [0.15, 0.2) is 23.1 Å². The number of hydrogen-bond acceptors (Lipinski definition) is 5. The van der Waals surface area contributed by atoms with Crippen LogP contribution in [0.5, 0.6) is 0 Å². The number of carbonyl (C=O) groups excluding carboxylic acids is 3. The molecule has 0 aliphatic rings. The Morgan fingerprint density at radius 3 is 2.25 bits per heavy atom. The fourth-order valence-corrected chi connectivity index (χ4v) is 2.49. The zero-order chi connectivity index (χ0) is 18.5. The van der Waals surface area contributed by atoms with Crippen molar-refractivity contribution in [1.82, 2.24) is 20.9 Å². The lowest BCUT2D eigenvalue weighted by molar-refractivity contribution is -0.139. The molecule has 11 heteroatoms. The summed E-state index contributed by atoms with van der Waals surface area (Å²) in [6, 6.07) is 3.24. The van der Waals surface area contributed by atoms with Gasteiger partial charge in [-0.05, 0) is 39.1 Å². The molecule has 0 atom stereocenters. The zero-order valence-electron chi connectivity index (χ0n) is 13.1. The monoisotopic (exact) mass is 376 g/mol. The molecule has 0 aromatic heterocycles. The Bertz CT molecular complexity index is 764. The molecule has 1 aromatic rings. The molecular weight excluding hydrogens is 360 g/mol. The second kappa shape index (κ2) is 8.08. The topological polar surface area (TPSA) is 133 Å². The van der Waals surface area contributed by atoms with Crippen molar-refractivity contribution in [2.45, 2.75) is 24.8 Å². The van der Waals surface area contributed by atoms with Crippen molar-refractivity contribution in [1.29, 1.82) is 0 Å². The van der Waals surface area contributed by atoms with Crippen molar-refractivity contribution in [2.24, 2.45) is 0 Å². The number of benzene rings is 1. The number of hydrazine groups is 1. The van der Waals surface area contributed by atoms with Gasteiger partial charge in [-0.2, -0.15) is 0 Å². The van der Waals surface area contributed by atoms with Crippen molar-refractivity contribution in [3.8, 4) is 0 Å². The molecule has 9 nitrogen and oxygen atoms in total. The number of sulfonamides is 1. The van der Waals surface area contributed by atoms with Gasteiger partial charge in [0, 0.05) is 6.04 Å². The van der Waals surface area contributed by atoms with E-state index in [0.29, 0.717) is 0 Å². The van der Waals surface area contributed by atoms with Gasteiger partial charge in [-0.1, -0.05) is 11.6 Å². The van der Waals surface area contributed by atoms with Crippen molar-refractivity contribution in [3.63, 3.8) is 0 Å². The highest BCUT2D eigenvalue weighted by molar-refractivity contribution is 7.89. The Kier molecular flexibility index (Phi) is 6.70. The van der Waals surface area contributed by atoms with Crippen LogP contribution in [0.25, 0.3) is 0 Å². The molecule has 0 aliphatic carbocycles. The molecular formula is C13H17ClN4O5S. The molecule has 132 valence electrons. The van der Waals surface area contributed by atoms with Gasteiger partial charge in [-0.15, -0.1) is 0 Å². The minimum atomic E-state index is -3.77. The third kappa shape index (κ3) is 5.18. The van der Waals surface area contributed by atoms with Crippen LogP contribution in [-0.2, 0) is 19.6 Å². The van der Waals surface area contributed by atoms with Crippen LogP contribution in [-0.4, -0.2) is 39.2 Å². The SMILES string of the molecule is CNS(=O)(=O)c1ccc(Cl)c(C(=O)NNC(=O)C(=O)NC(C)C)c1. The Morgan fingerprint density at radius 2 is 1.71 bits per heavy atom. The number of hydrogen-bond donors (Lipinski definition) is 4. The van der Waals surface area contributed by atoms with E-state index in [1.165, 1.54) is 19.2 Å². The van der Waals surface area contributed by atoms with Crippen LogP contribution in [0.4, 0.5) is 0 Å². The summed E-state index contributed by atoms with van der Waals surface area (Å²) in [5.74, 6) is -2.88. The Hall–Kier alpha value is -2.17. The van der Waals surface area contributed by atoms with Gasteiger partial charge in [0.2, 0.25) is 10.0 Å². The van der Waals surface area contributed by atoms with Crippen LogP contribution >= 0.6 is 11.6 Å². The summed E-state index contributed by atoms with van der Waals surface area (Å²) in [7, 11) is -2.55. The summed E-state index contributed by atoms with van der Waals surface area (Å²) in [5, 5.41) is 2.31. The lowest BCUT2D eigenvalue weighted by Gasteiger charge is -2.11. The molecule has 24 heavy (non-hydrogen) atoms. The van der Waals surface area contributed by atoms with Crippen molar-refractivity contribution >= 4 is 39.3 Å². The van der Waals surface area contributed by atoms with E-state index in [1.807, 2.05) is 10.9 Å².